The van der Waals surface area contributed by atoms with E-state index in [1.807, 2.05) is 12.1 Å². The van der Waals surface area contributed by atoms with Gasteiger partial charge in [-0.25, -0.2) is 0 Å². The van der Waals surface area contributed by atoms with Crippen molar-refractivity contribution < 1.29 is 27.5 Å². The number of halogens is 3. The van der Waals surface area contributed by atoms with Gasteiger partial charge in [0.2, 0.25) is 0 Å². The number of aliphatic imine (C=N–C) groups is 1. The minimum atomic E-state index is -4.65. The number of carbonyl (C=O) groups excluding carboxylic acids is 2. The molecular formula is C23H23F3N4O3. The number of nitrogens with two attached hydrogens (primary N) is 2. The highest BCUT2D eigenvalue weighted by molar-refractivity contribution is 6.02. The SMILES string of the molecule is NC(N)=NC(=O)c1ccc(C2CCN(C(=O)c3cccc4c3OCC4)CC2)c(C(F)(F)F)c1. The minimum absolute atomic E-state index is 0.0970. The minimum Gasteiger partial charge on any atom is -0.492 e. The maximum atomic E-state index is 13.8. The Morgan fingerprint density at radius 3 is 2.48 bits per heavy atom. The van der Waals surface area contributed by atoms with E-state index in [1.165, 1.54) is 12.1 Å². The summed E-state index contributed by atoms with van der Waals surface area (Å²) in [5, 5.41) is 0. The zero-order chi connectivity index (χ0) is 23.8. The molecule has 33 heavy (non-hydrogen) atoms. The standard InChI is InChI=1S/C23H23F3N4O3/c24-23(25,26)18-12-15(20(31)29-22(27)28)4-5-16(18)13-6-9-30(10-7-13)21(32)17-3-1-2-14-8-11-33-19(14)17/h1-5,12-13H,6-11H2,(H4,27,28,29,31). The lowest BCUT2D eigenvalue weighted by atomic mass is 9.85. The molecule has 10 heteroatoms. The van der Waals surface area contributed by atoms with Gasteiger partial charge in [0.05, 0.1) is 17.7 Å². The van der Waals surface area contributed by atoms with Gasteiger partial charge in [-0.3, -0.25) is 9.59 Å². The van der Waals surface area contributed by atoms with Crippen molar-refractivity contribution in [2.24, 2.45) is 16.5 Å². The first-order chi connectivity index (χ1) is 15.6. The lowest BCUT2D eigenvalue weighted by Gasteiger charge is -2.33. The Labute approximate surface area is 188 Å². The molecular weight excluding hydrogens is 437 g/mol. The number of likely N-dealkylation sites (tertiary alicyclic amines) is 1. The van der Waals surface area contributed by atoms with E-state index in [9.17, 15) is 22.8 Å². The van der Waals surface area contributed by atoms with E-state index < -0.39 is 29.5 Å². The van der Waals surface area contributed by atoms with Crippen molar-refractivity contribution in [2.45, 2.75) is 31.4 Å². The fourth-order valence-corrected chi connectivity index (χ4v) is 4.42. The lowest BCUT2D eigenvalue weighted by molar-refractivity contribution is -0.138. The Balaban J connectivity index is 1.53. The van der Waals surface area contributed by atoms with Gasteiger partial charge >= 0.3 is 6.18 Å². The first kappa shape index (κ1) is 22.6. The van der Waals surface area contributed by atoms with Crippen molar-refractivity contribution in [1.82, 2.24) is 4.90 Å². The number of rotatable bonds is 3. The van der Waals surface area contributed by atoms with Crippen LogP contribution in [0.15, 0.2) is 41.4 Å². The van der Waals surface area contributed by atoms with E-state index in [-0.39, 0.29) is 17.0 Å². The smallest absolute Gasteiger partial charge is 0.416 e. The van der Waals surface area contributed by atoms with Crippen molar-refractivity contribution in [1.29, 1.82) is 0 Å². The number of hydrogen-bond donors (Lipinski definition) is 2. The average molecular weight is 460 g/mol. The molecule has 0 bridgehead atoms. The summed E-state index contributed by atoms with van der Waals surface area (Å²) in [5.41, 5.74) is 10.7. The van der Waals surface area contributed by atoms with Crippen molar-refractivity contribution in [3.8, 4) is 5.75 Å². The van der Waals surface area contributed by atoms with Crippen molar-refractivity contribution >= 4 is 17.8 Å². The van der Waals surface area contributed by atoms with Gasteiger partial charge in [0, 0.05) is 25.1 Å². The van der Waals surface area contributed by atoms with Gasteiger partial charge in [-0.2, -0.15) is 18.2 Å². The molecule has 2 heterocycles. The van der Waals surface area contributed by atoms with E-state index in [0.29, 0.717) is 43.9 Å². The molecule has 1 fully saturated rings. The third-order valence-corrected chi connectivity index (χ3v) is 6.00. The van der Waals surface area contributed by atoms with Gasteiger partial charge in [-0.1, -0.05) is 18.2 Å². The van der Waals surface area contributed by atoms with Crippen LogP contribution in [0.1, 0.15) is 56.2 Å². The van der Waals surface area contributed by atoms with Crippen molar-refractivity contribution in [3.63, 3.8) is 0 Å². The third kappa shape index (κ3) is 4.64. The first-order valence-corrected chi connectivity index (χ1v) is 10.5. The van der Waals surface area contributed by atoms with Crippen molar-refractivity contribution in [2.75, 3.05) is 19.7 Å². The second-order valence-corrected chi connectivity index (χ2v) is 8.10. The predicted octanol–water partition coefficient (Wildman–Crippen LogP) is 3.07. The summed E-state index contributed by atoms with van der Waals surface area (Å²) in [6.45, 7) is 1.17. The zero-order valence-corrected chi connectivity index (χ0v) is 17.7. The Bertz CT molecular complexity index is 1120. The number of piperidine rings is 1. The lowest BCUT2D eigenvalue weighted by Crippen LogP contribution is -2.38. The van der Waals surface area contributed by atoms with E-state index in [4.69, 9.17) is 16.2 Å². The number of guanidine groups is 1. The molecule has 2 aromatic rings. The van der Waals surface area contributed by atoms with E-state index in [0.717, 1.165) is 18.1 Å². The normalized spacial score (nSPS) is 16.2. The van der Waals surface area contributed by atoms with Gasteiger partial charge in [-0.15, -0.1) is 0 Å². The molecule has 1 saturated heterocycles. The summed E-state index contributed by atoms with van der Waals surface area (Å²) >= 11 is 0. The number of para-hydroxylation sites is 1. The largest absolute Gasteiger partial charge is 0.492 e. The highest BCUT2D eigenvalue weighted by Crippen LogP contribution is 2.40. The fourth-order valence-electron chi connectivity index (χ4n) is 4.42. The number of ether oxygens (including phenoxy) is 1. The van der Waals surface area contributed by atoms with Crippen LogP contribution in [-0.2, 0) is 12.6 Å². The molecule has 0 aliphatic carbocycles. The van der Waals surface area contributed by atoms with Crippen LogP contribution >= 0.6 is 0 Å². The molecule has 2 amide bonds. The summed E-state index contributed by atoms with van der Waals surface area (Å²) in [6, 6.07) is 8.83. The molecule has 0 aromatic heterocycles. The summed E-state index contributed by atoms with van der Waals surface area (Å²) in [6.07, 6.45) is -3.17. The zero-order valence-electron chi connectivity index (χ0n) is 17.7. The molecule has 2 aliphatic rings. The van der Waals surface area contributed by atoms with E-state index in [1.54, 1.807) is 11.0 Å². The van der Waals surface area contributed by atoms with Gasteiger partial charge < -0.3 is 21.1 Å². The molecule has 2 aromatic carbocycles. The highest BCUT2D eigenvalue weighted by atomic mass is 19.4. The molecule has 174 valence electrons. The second kappa shape index (κ2) is 8.76. The maximum absolute atomic E-state index is 13.8. The van der Waals surface area contributed by atoms with Gasteiger partial charge in [0.1, 0.15) is 5.75 Å². The van der Waals surface area contributed by atoms with E-state index >= 15 is 0 Å². The quantitative estimate of drug-likeness (QED) is 0.540. The highest BCUT2D eigenvalue weighted by Gasteiger charge is 2.37. The predicted molar refractivity (Wildman–Crippen MR) is 115 cm³/mol. The maximum Gasteiger partial charge on any atom is 0.416 e. The number of benzene rings is 2. The van der Waals surface area contributed by atoms with Crippen LogP contribution in [-0.4, -0.2) is 42.4 Å². The van der Waals surface area contributed by atoms with Gasteiger partial charge in [-0.05, 0) is 48.1 Å². The summed E-state index contributed by atoms with van der Waals surface area (Å²) < 4.78 is 47.0. The molecule has 0 radical (unpaired) electrons. The average Bonchev–Trinajstić information content (AvgIpc) is 3.26. The monoisotopic (exact) mass is 460 g/mol. The van der Waals surface area contributed by atoms with Gasteiger partial charge in [0.25, 0.3) is 11.8 Å². The number of carbonyl (C=O) groups is 2. The second-order valence-electron chi connectivity index (χ2n) is 8.10. The van der Waals surface area contributed by atoms with Crippen LogP contribution in [0.5, 0.6) is 5.75 Å². The Kier molecular flexibility index (Phi) is 6.01. The number of hydrogen-bond acceptors (Lipinski definition) is 3. The summed E-state index contributed by atoms with van der Waals surface area (Å²) in [4.78, 5) is 30.0. The molecule has 0 atom stereocenters. The molecule has 4 N–H and O–H groups in total. The molecule has 4 rings (SSSR count). The Morgan fingerprint density at radius 1 is 1.09 bits per heavy atom. The van der Waals surface area contributed by atoms with Crippen molar-refractivity contribution in [3.05, 3.63) is 64.2 Å². The number of amides is 2. The van der Waals surface area contributed by atoms with E-state index in [2.05, 4.69) is 4.99 Å². The van der Waals surface area contributed by atoms with Crippen LogP contribution in [0.3, 0.4) is 0 Å². The molecule has 2 aliphatic heterocycles. The fraction of sp³-hybridized carbons (Fsp3) is 0.348. The number of nitrogens with zero attached hydrogens (tertiary/aromatic N) is 2. The Hall–Kier alpha value is -3.56. The number of fused-ring (bicyclic) bond motifs is 1. The van der Waals surface area contributed by atoms with Crippen LogP contribution < -0.4 is 16.2 Å². The Morgan fingerprint density at radius 2 is 1.82 bits per heavy atom. The number of alkyl halides is 3. The first-order valence-electron chi connectivity index (χ1n) is 10.5. The van der Waals surface area contributed by atoms with Crippen LogP contribution in [0.4, 0.5) is 13.2 Å². The van der Waals surface area contributed by atoms with Crippen LogP contribution in [0.25, 0.3) is 0 Å². The third-order valence-electron chi connectivity index (χ3n) is 6.00. The molecule has 7 nitrogen and oxygen atoms in total. The van der Waals surface area contributed by atoms with Crippen LogP contribution in [0, 0.1) is 0 Å². The molecule has 0 saturated carbocycles. The molecule has 0 unspecified atom stereocenters. The van der Waals surface area contributed by atoms with Gasteiger partial charge in [0.15, 0.2) is 5.96 Å². The topological polar surface area (TPSA) is 111 Å². The summed E-state index contributed by atoms with van der Waals surface area (Å²) in [5.74, 6) is -1.45. The van der Waals surface area contributed by atoms with Crippen LogP contribution in [0.2, 0.25) is 0 Å². The summed E-state index contributed by atoms with van der Waals surface area (Å²) in [7, 11) is 0. The molecule has 0 spiro atoms.